The Kier molecular flexibility index (Phi) is 4.38. The summed E-state index contributed by atoms with van der Waals surface area (Å²) in [6.07, 6.45) is 1.76. The first-order valence-electron chi connectivity index (χ1n) is 6.93. The van der Waals surface area contributed by atoms with Crippen LogP contribution in [0.2, 0.25) is 0 Å². The molecule has 0 atom stereocenters. The van der Waals surface area contributed by atoms with Crippen molar-refractivity contribution < 1.29 is 5.11 Å². The van der Waals surface area contributed by atoms with Gasteiger partial charge in [-0.1, -0.05) is 43.7 Å². The normalized spacial score (nSPS) is 10.9. The van der Waals surface area contributed by atoms with Gasteiger partial charge in [0.1, 0.15) is 0 Å². The van der Waals surface area contributed by atoms with Crippen LogP contribution in [0.5, 0.6) is 0 Å². The van der Waals surface area contributed by atoms with Gasteiger partial charge in [-0.15, -0.1) is 0 Å². The van der Waals surface area contributed by atoms with Crippen LogP contribution in [0.1, 0.15) is 41.9 Å². The minimum absolute atomic E-state index is 0.0835. The molecule has 0 aliphatic rings. The van der Waals surface area contributed by atoms with Crippen LogP contribution in [0.3, 0.4) is 0 Å². The summed E-state index contributed by atoms with van der Waals surface area (Å²) in [6, 6.07) is 8.49. The van der Waals surface area contributed by atoms with Gasteiger partial charge in [0.05, 0.1) is 18.8 Å². The number of hydrogen-bond donors (Lipinski definition) is 1. The van der Waals surface area contributed by atoms with Gasteiger partial charge in [0, 0.05) is 11.3 Å². The number of aliphatic hydroxyl groups excluding tert-OH is 1. The Bertz CT molecular complexity index is 558. The minimum atomic E-state index is 0.0835. The molecule has 0 fully saturated rings. The second-order valence-electron chi connectivity index (χ2n) is 4.88. The predicted molar refractivity (Wildman–Crippen MR) is 77.2 cm³/mol. The quantitative estimate of drug-likeness (QED) is 0.895. The van der Waals surface area contributed by atoms with Crippen molar-refractivity contribution in [3.8, 4) is 0 Å². The second kappa shape index (κ2) is 6.02. The molecular weight excluding hydrogens is 236 g/mol. The topological polar surface area (TPSA) is 38.0 Å². The molecule has 0 saturated heterocycles. The summed E-state index contributed by atoms with van der Waals surface area (Å²) >= 11 is 0. The minimum Gasteiger partial charge on any atom is -0.392 e. The maximum atomic E-state index is 9.53. The maximum absolute atomic E-state index is 9.53. The Labute approximate surface area is 114 Å². The van der Waals surface area contributed by atoms with Gasteiger partial charge in [-0.3, -0.25) is 4.68 Å². The lowest BCUT2D eigenvalue weighted by atomic mass is 10.1. The number of nitrogens with zero attached hydrogens (tertiary/aromatic N) is 2. The average molecular weight is 258 g/mol. The van der Waals surface area contributed by atoms with Crippen LogP contribution in [-0.2, 0) is 26.0 Å². The van der Waals surface area contributed by atoms with E-state index in [9.17, 15) is 5.11 Å². The number of aromatic nitrogens is 2. The number of hydrogen-bond acceptors (Lipinski definition) is 2. The second-order valence-corrected chi connectivity index (χ2v) is 4.88. The number of rotatable bonds is 5. The number of aryl methyl sites for hydroxylation is 2. The molecule has 0 spiro atoms. The molecule has 0 amide bonds. The van der Waals surface area contributed by atoms with Gasteiger partial charge >= 0.3 is 0 Å². The van der Waals surface area contributed by atoms with E-state index in [4.69, 9.17) is 0 Å². The third-order valence-corrected chi connectivity index (χ3v) is 3.49. The van der Waals surface area contributed by atoms with Gasteiger partial charge < -0.3 is 5.11 Å². The van der Waals surface area contributed by atoms with Gasteiger partial charge in [-0.05, 0) is 25.3 Å². The van der Waals surface area contributed by atoms with E-state index < -0.39 is 0 Å². The van der Waals surface area contributed by atoms with Crippen LogP contribution in [0.15, 0.2) is 24.3 Å². The van der Waals surface area contributed by atoms with Gasteiger partial charge in [0.2, 0.25) is 0 Å². The van der Waals surface area contributed by atoms with E-state index in [1.807, 2.05) is 4.68 Å². The third kappa shape index (κ3) is 2.87. The highest BCUT2D eigenvalue weighted by Crippen LogP contribution is 2.18. The van der Waals surface area contributed by atoms with E-state index in [-0.39, 0.29) is 6.61 Å². The van der Waals surface area contributed by atoms with Crippen molar-refractivity contribution in [2.24, 2.45) is 0 Å². The standard InChI is InChI=1S/C16H22N2O/c1-4-15-14(11-19)16(5-2)18(17-15)10-13-8-6-7-12(3)9-13/h6-9,19H,4-5,10-11H2,1-3H3. The van der Waals surface area contributed by atoms with E-state index >= 15 is 0 Å². The summed E-state index contributed by atoms with van der Waals surface area (Å²) in [4.78, 5) is 0. The summed E-state index contributed by atoms with van der Waals surface area (Å²) in [5.74, 6) is 0. The Morgan fingerprint density at radius 1 is 1.21 bits per heavy atom. The molecule has 0 aliphatic heterocycles. The van der Waals surface area contributed by atoms with Gasteiger partial charge in [-0.25, -0.2) is 0 Å². The van der Waals surface area contributed by atoms with Crippen LogP contribution in [-0.4, -0.2) is 14.9 Å². The monoisotopic (exact) mass is 258 g/mol. The largest absolute Gasteiger partial charge is 0.392 e. The van der Waals surface area contributed by atoms with Crippen LogP contribution in [0, 0.1) is 6.92 Å². The highest BCUT2D eigenvalue weighted by Gasteiger charge is 2.14. The molecule has 0 radical (unpaired) electrons. The van der Waals surface area contributed by atoms with Crippen LogP contribution in [0.25, 0.3) is 0 Å². The summed E-state index contributed by atoms with van der Waals surface area (Å²) in [6.45, 7) is 7.16. The Hall–Kier alpha value is -1.61. The molecule has 0 aliphatic carbocycles. The average Bonchev–Trinajstić information content (AvgIpc) is 2.75. The molecule has 19 heavy (non-hydrogen) atoms. The van der Waals surface area contributed by atoms with Gasteiger partial charge in [0.25, 0.3) is 0 Å². The molecular formula is C16H22N2O. The molecule has 0 saturated carbocycles. The molecule has 0 unspecified atom stereocenters. The zero-order valence-corrected chi connectivity index (χ0v) is 12.0. The molecule has 1 N–H and O–H groups in total. The summed E-state index contributed by atoms with van der Waals surface area (Å²) in [7, 11) is 0. The van der Waals surface area contributed by atoms with E-state index in [1.165, 1.54) is 11.1 Å². The molecule has 2 rings (SSSR count). The molecule has 2 aromatic rings. The Morgan fingerprint density at radius 3 is 2.58 bits per heavy atom. The van der Waals surface area contributed by atoms with E-state index in [0.717, 1.165) is 36.3 Å². The van der Waals surface area contributed by atoms with Crippen molar-refractivity contribution >= 4 is 0 Å². The summed E-state index contributed by atoms with van der Waals surface area (Å²) < 4.78 is 2.04. The first kappa shape index (κ1) is 13.8. The van der Waals surface area contributed by atoms with Crippen LogP contribution >= 0.6 is 0 Å². The molecule has 1 aromatic heterocycles. The molecule has 1 heterocycles. The zero-order chi connectivity index (χ0) is 13.8. The molecule has 3 nitrogen and oxygen atoms in total. The maximum Gasteiger partial charge on any atom is 0.0718 e. The van der Waals surface area contributed by atoms with E-state index in [0.29, 0.717) is 0 Å². The summed E-state index contributed by atoms with van der Waals surface area (Å²) in [5, 5.41) is 14.2. The third-order valence-electron chi connectivity index (χ3n) is 3.49. The van der Waals surface area contributed by atoms with Gasteiger partial charge in [0.15, 0.2) is 0 Å². The van der Waals surface area contributed by atoms with Crippen molar-refractivity contribution in [2.75, 3.05) is 0 Å². The van der Waals surface area contributed by atoms with Crippen molar-refractivity contribution in [2.45, 2.75) is 46.8 Å². The molecule has 0 bridgehead atoms. The first-order chi connectivity index (χ1) is 9.19. The lowest BCUT2D eigenvalue weighted by Gasteiger charge is -2.08. The number of aliphatic hydroxyl groups is 1. The molecule has 3 heteroatoms. The molecule has 102 valence electrons. The fourth-order valence-electron chi connectivity index (χ4n) is 2.57. The van der Waals surface area contributed by atoms with E-state index in [2.05, 4.69) is 50.1 Å². The Morgan fingerprint density at radius 2 is 2.00 bits per heavy atom. The van der Waals surface area contributed by atoms with Gasteiger partial charge in [-0.2, -0.15) is 5.10 Å². The van der Waals surface area contributed by atoms with Crippen molar-refractivity contribution in [1.82, 2.24) is 9.78 Å². The van der Waals surface area contributed by atoms with E-state index in [1.54, 1.807) is 0 Å². The fourth-order valence-corrected chi connectivity index (χ4v) is 2.57. The van der Waals surface area contributed by atoms with Crippen LogP contribution < -0.4 is 0 Å². The lowest BCUT2D eigenvalue weighted by molar-refractivity contribution is 0.279. The molecule has 1 aromatic carbocycles. The SMILES string of the molecule is CCc1nn(Cc2cccc(C)c2)c(CC)c1CO. The smallest absolute Gasteiger partial charge is 0.0718 e. The number of benzene rings is 1. The highest BCUT2D eigenvalue weighted by atomic mass is 16.3. The fraction of sp³-hybridized carbons (Fsp3) is 0.438. The van der Waals surface area contributed by atoms with Crippen molar-refractivity contribution in [3.63, 3.8) is 0 Å². The predicted octanol–water partition coefficient (Wildman–Crippen LogP) is 2.86. The summed E-state index contributed by atoms with van der Waals surface area (Å²) in [5.41, 5.74) is 5.70. The van der Waals surface area contributed by atoms with Crippen molar-refractivity contribution in [3.05, 3.63) is 52.3 Å². The first-order valence-corrected chi connectivity index (χ1v) is 6.93. The highest BCUT2D eigenvalue weighted by molar-refractivity contribution is 5.28. The van der Waals surface area contributed by atoms with Crippen molar-refractivity contribution in [1.29, 1.82) is 0 Å². The zero-order valence-electron chi connectivity index (χ0n) is 12.0. The lowest BCUT2D eigenvalue weighted by Crippen LogP contribution is -2.07. The van der Waals surface area contributed by atoms with Crippen LogP contribution in [0.4, 0.5) is 0 Å². The Balaban J connectivity index is 2.37.